The molecule has 0 bridgehead atoms. The van der Waals surface area contributed by atoms with Crippen LogP contribution in [-0.4, -0.2) is 68.0 Å². The number of likely N-dealkylation sites (tertiary alicyclic amines) is 1. The third kappa shape index (κ3) is 3.77. The second kappa shape index (κ2) is 8.03. The smallest absolute Gasteiger partial charge is 0.409 e. The van der Waals surface area contributed by atoms with Gasteiger partial charge in [-0.3, -0.25) is 4.99 Å². The van der Waals surface area contributed by atoms with Gasteiger partial charge in [-0.15, -0.1) is 0 Å². The van der Waals surface area contributed by atoms with Gasteiger partial charge in [-0.25, -0.2) is 4.79 Å². The van der Waals surface area contributed by atoms with Crippen LogP contribution in [0.5, 0.6) is 0 Å². The summed E-state index contributed by atoms with van der Waals surface area (Å²) >= 11 is 0. The Hall–Kier alpha value is -1.50. The lowest BCUT2D eigenvalue weighted by Gasteiger charge is -2.55. The fourth-order valence-corrected chi connectivity index (χ4v) is 4.67. The maximum Gasteiger partial charge on any atom is 0.409 e. The molecule has 26 heavy (non-hydrogen) atoms. The molecule has 3 aliphatic rings. The van der Waals surface area contributed by atoms with Crippen molar-refractivity contribution in [3.63, 3.8) is 0 Å². The maximum absolute atomic E-state index is 11.8. The normalized spacial score (nSPS) is 31.2. The molecule has 0 aromatic heterocycles. The maximum atomic E-state index is 11.8. The van der Waals surface area contributed by atoms with Gasteiger partial charge in [0.2, 0.25) is 0 Å². The van der Waals surface area contributed by atoms with Crippen molar-refractivity contribution in [1.82, 2.24) is 15.5 Å². The number of hydrogen-bond acceptors (Lipinski definition) is 4. The van der Waals surface area contributed by atoms with Crippen LogP contribution in [0.25, 0.3) is 0 Å². The molecule has 0 aromatic carbocycles. The lowest BCUT2D eigenvalue weighted by molar-refractivity contribution is -0.106. The zero-order valence-corrected chi connectivity index (χ0v) is 16.6. The summed E-state index contributed by atoms with van der Waals surface area (Å²) in [5.74, 6) is 1.48. The predicted octanol–water partition coefficient (Wildman–Crippen LogP) is 1.98. The molecule has 7 heteroatoms. The molecule has 3 unspecified atom stereocenters. The monoisotopic (exact) mass is 366 g/mol. The molecule has 2 heterocycles. The van der Waals surface area contributed by atoms with E-state index in [1.807, 2.05) is 6.92 Å². The number of amides is 1. The van der Waals surface area contributed by atoms with E-state index in [-0.39, 0.29) is 11.5 Å². The Morgan fingerprint density at radius 3 is 2.62 bits per heavy atom. The molecule has 2 saturated heterocycles. The molecule has 3 atom stereocenters. The number of hydrogen-bond donors (Lipinski definition) is 2. The highest BCUT2D eigenvalue weighted by molar-refractivity contribution is 5.80. The zero-order valence-electron chi connectivity index (χ0n) is 16.6. The molecule has 1 aliphatic carbocycles. The number of nitrogens with zero attached hydrogens (tertiary/aromatic N) is 2. The molecule has 148 valence electrons. The van der Waals surface area contributed by atoms with Crippen LogP contribution in [0, 0.1) is 11.3 Å². The van der Waals surface area contributed by atoms with Crippen LogP contribution < -0.4 is 10.6 Å². The minimum absolute atomic E-state index is 0.130. The zero-order chi connectivity index (χ0) is 18.7. The average molecular weight is 367 g/mol. The van der Waals surface area contributed by atoms with Crippen molar-refractivity contribution >= 4 is 12.1 Å². The largest absolute Gasteiger partial charge is 0.450 e. The van der Waals surface area contributed by atoms with E-state index in [1.165, 1.54) is 0 Å². The van der Waals surface area contributed by atoms with Gasteiger partial charge in [0.15, 0.2) is 5.96 Å². The second-order valence-electron chi connectivity index (χ2n) is 8.11. The van der Waals surface area contributed by atoms with Crippen molar-refractivity contribution in [2.45, 2.75) is 65.1 Å². The van der Waals surface area contributed by atoms with Crippen molar-refractivity contribution in [1.29, 1.82) is 0 Å². The third-order valence-electron chi connectivity index (χ3n) is 6.07. The summed E-state index contributed by atoms with van der Waals surface area (Å²) < 4.78 is 11.0. The Morgan fingerprint density at radius 1 is 1.23 bits per heavy atom. The Bertz CT molecular complexity index is 529. The molecule has 3 rings (SSSR count). The van der Waals surface area contributed by atoms with Gasteiger partial charge in [0.25, 0.3) is 0 Å². The van der Waals surface area contributed by atoms with Crippen LogP contribution in [0.4, 0.5) is 4.79 Å². The first kappa shape index (κ1) is 19.3. The highest BCUT2D eigenvalue weighted by Crippen LogP contribution is 2.52. The van der Waals surface area contributed by atoms with Crippen molar-refractivity contribution in [3.8, 4) is 0 Å². The number of nitrogens with one attached hydrogen (secondary N) is 2. The first-order chi connectivity index (χ1) is 12.5. The van der Waals surface area contributed by atoms with E-state index in [2.05, 4.69) is 36.4 Å². The van der Waals surface area contributed by atoms with E-state index in [0.29, 0.717) is 30.7 Å². The first-order valence-corrected chi connectivity index (χ1v) is 10.1. The van der Waals surface area contributed by atoms with E-state index in [4.69, 9.17) is 9.47 Å². The standard InChI is InChI=1S/C19H34N4O3/c1-5-20-17(22-15-14-9-12-26-16(14)19(15,3)4)21-13-7-10-23(11-8-13)18(24)25-6-2/h13-16H,5-12H2,1-4H3,(H2,20,21,22). The number of piperidine rings is 1. The molecule has 2 aliphatic heterocycles. The summed E-state index contributed by atoms with van der Waals surface area (Å²) in [4.78, 5) is 18.3. The fourth-order valence-electron chi connectivity index (χ4n) is 4.67. The average Bonchev–Trinajstić information content (AvgIpc) is 3.08. The van der Waals surface area contributed by atoms with Crippen LogP contribution >= 0.6 is 0 Å². The molecule has 0 radical (unpaired) electrons. The summed E-state index contributed by atoms with van der Waals surface area (Å²) in [5, 5.41) is 7.26. The van der Waals surface area contributed by atoms with Gasteiger partial charge in [-0.2, -0.15) is 0 Å². The summed E-state index contributed by atoms with van der Waals surface area (Å²) in [7, 11) is 0. The Balaban J connectivity index is 1.52. The highest BCUT2D eigenvalue weighted by Gasteiger charge is 2.59. The van der Waals surface area contributed by atoms with E-state index >= 15 is 0 Å². The molecular weight excluding hydrogens is 332 g/mol. The van der Waals surface area contributed by atoms with Crippen molar-refractivity contribution < 1.29 is 14.3 Å². The minimum atomic E-state index is -0.199. The molecule has 1 saturated carbocycles. The summed E-state index contributed by atoms with van der Waals surface area (Å²) in [5.41, 5.74) is 0.130. The first-order valence-electron chi connectivity index (χ1n) is 10.1. The van der Waals surface area contributed by atoms with Gasteiger partial charge < -0.3 is 25.0 Å². The molecule has 7 nitrogen and oxygen atoms in total. The predicted molar refractivity (Wildman–Crippen MR) is 101 cm³/mol. The van der Waals surface area contributed by atoms with Crippen LogP contribution in [0.2, 0.25) is 0 Å². The van der Waals surface area contributed by atoms with Gasteiger partial charge in [0.1, 0.15) is 0 Å². The molecule has 2 N–H and O–H groups in total. The quantitative estimate of drug-likeness (QED) is 0.588. The van der Waals surface area contributed by atoms with Gasteiger partial charge >= 0.3 is 6.09 Å². The summed E-state index contributed by atoms with van der Waals surface area (Å²) in [6.45, 7) is 11.9. The van der Waals surface area contributed by atoms with E-state index in [0.717, 1.165) is 51.5 Å². The molecule has 1 amide bonds. The van der Waals surface area contributed by atoms with Crippen LogP contribution in [0.1, 0.15) is 47.0 Å². The van der Waals surface area contributed by atoms with E-state index < -0.39 is 0 Å². The van der Waals surface area contributed by atoms with Crippen LogP contribution in [-0.2, 0) is 9.47 Å². The molecular formula is C19H34N4O3. The van der Waals surface area contributed by atoms with Crippen LogP contribution in [0.15, 0.2) is 4.99 Å². The SMILES string of the molecule is CCN=C(NC1CCN(C(=O)OCC)CC1)NC1C2CCOC2C1(C)C. The van der Waals surface area contributed by atoms with Gasteiger partial charge in [-0.1, -0.05) is 13.8 Å². The topological polar surface area (TPSA) is 75.2 Å². The number of guanidine groups is 1. The Kier molecular flexibility index (Phi) is 5.95. The van der Waals surface area contributed by atoms with Crippen LogP contribution in [0.3, 0.4) is 0 Å². The summed E-state index contributed by atoms with van der Waals surface area (Å²) in [6.07, 6.45) is 3.12. The van der Waals surface area contributed by atoms with E-state index in [9.17, 15) is 4.79 Å². The lowest BCUT2D eigenvalue weighted by atomic mass is 9.57. The number of aliphatic imine (C=N–C) groups is 1. The van der Waals surface area contributed by atoms with Gasteiger partial charge in [-0.05, 0) is 33.1 Å². The van der Waals surface area contributed by atoms with Gasteiger partial charge in [0, 0.05) is 49.7 Å². The molecule has 0 spiro atoms. The third-order valence-corrected chi connectivity index (χ3v) is 6.07. The van der Waals surface area contributed by atoms with Crippen molar-refractivity contribution in [2.24, 2.45) is 16.3 Å². The summed E-state index contributed by atoms with van der Waals surface area (Å²) in [6, 6.07) is 0.727. The van der Waals surface area contributed by atoms with Gasteiger partial charge in [0.05, 0.1) is 12.7 Å². The fraction of sp³-hybridized carbons (Fsp3) is 0.895. The van der Waals surface area contributed by atoms with E-state index in [1.54, 1.807) is 4.90 Å². The Labute approximate surface area is 156 Å². The number of ether oxygens (including phenoxy) is 2. The van der Waals surface area contributed by atoms with Crippen molar-refractivity contribution in [3.05, 3.63) is 0 Å². The second-order valence-corrected chi connectivity index (χ2v) is 8.11. The molecule has 3 fully saturated rings. The van der Waals surface area contributed by atoms with Crippen molar-refractivity contribution in [2.75, 3.05) is 32.8 Å². The minimum Gasteiger partial charge on any atom is -0.450 e. The molecule has 0 aromatic rings. The lowest BCUT2D eigenvalue weighted by Crippen LogP contribution is -2.68. The highest BCUT2D eigenvalue weighted by atomic mass is 16.6. The number of carbonyl (C=O) groups is 1. The number of carbonyl (C=O) groups excluding carboxylic acids is 1. The Morgan fingerprint density at radius 2 is 1.96 bits per heavy atom. The number of rotatable bonds is 4. The number of fused-ring (bicyclic) bond motifs is 1.